The minimum atomic E-state index is 0.594. The Labute approximate surface area is 192 Å². The summed E-state index contributed by atoms with van der Waals surface area (Å²) in [5, 5.41) is 5.75. The van der Waals surface area contributed by atoms with Crippen LogP contribution in [0.15, 0.2) is 67.1 Å². The van der Waals surface area contributed by atoms with Gasteiger partial charge in [0.1, 0.15) is 5.82 Å². The quantitative estimate of drug-likeness (QED) is 0.464. The summed E-state index contributed by atoms with van der Waals surface area (Å²) in [6.07, 6.45) is 5.83. The first-order chi connectivity index (χ1) is 16.1. The summed E-state index contributed by atoms with van der Waals surface area (Å²) >= 11 is 0. The van der Waals surface area contributed by atoms with Crippen molar-refractivity contribution in [2.45, 2.75) is 0 Å². The van der Waals surface area contributed by atoms with Gasteiger partial charge in [0.05, 0.1) is 6.20 Å². The lowest BCUT2D eigenvalue weighted by molar-refractivity contribution is 0.313. The van der Waals surface area contributed by atoms with E-state index < -0.39 is 0 Å². The Morgan fingerprint density at radius 3 is 2.36 bits per heavy atom. The number of likely N-dealkylation sites (N-methyl/N-ethyl adjacent to an activating group) is 1. The molecule has 3 aromatic heterocycles. The van der Waals surface area contributed by atoms with Crippen molar-refractivity contribution in [2.75, 3.05) is 43.9 Å². The first kappa shape index (κ1) is 19.8. The number of hydrogen-bond acceptors (Lipinski definition) is 5. The van der Waals surface area contributed by atoms with E-state index in [9.17, 15) is 0 Å². The molecule has 7 nitrogen and oxygen atoms in total. The molecule has 4 heterocycles. The summed E-state index contributed by atoms with van der Waals surface area (Å²) in [4.78, 5) is 9.59. The summed E-state index contributed by atoms with van der Waals surface area (Å²) in [5.74, 6) is 0.594. The van der Waals surface area contributed by atoms with Gasteiger partial charge < -0.3 is 20.1 Å². The average Bonchev–Trinajstić information content (AvgIpc) is 3.42. The molecule has 33 heavy (non-hydrogen) atoms. The minimum Gasteiger partial charge on any atom is -0.383 e. The molecule has 1 aliphatic heterocycles. The highest BCUT2D eigenvalue weighted by Gasteiger charge is 2.18. The van der Waals surface area contributed by atoms with Gasteiger partial charge in [-0.3, -0.25) is 0 Å². The fourth-order valence-corrected chi connectivity index (χ4v) is 4.83. The Hall–Kier alpha value is -3.84. The minimum absolute atomic E-state index is 0.594. The average molecular weight is 438 g/mol. The van der Waals surface area contributed by atoms with Gasteiger partial charge in [-0.15, -0.1) is 0 Å². The van der Waals surface area contributed by atoms with Gasteiger partial charge in [-0.1, -0.05) is 30.3 Å². The number of aromatic nitrogens is 4. The molecule has 1 fully saturated rings. The maximum Gasteiger partial charge on any atom is 0.165 e. The molecule has 0 spiro atoms. The monoisotopic (exact) mass is 437 g/mol. The second-order valence-electron chi connectivity index (χ2n) is 8.86. The van der Waals surface area contributed by atoms with Crippen LogP contribution in [0, 0.1) is 0 Å². The molecule has 0 atom stereocenters. The van der Waals surface area contributed by atoms with Crippen LogP contribution in [0.25, 0.3) is 38.8 Å². The summed E-state index contributed by atoms with van der Waals surface area (Å²) < 4.78 is 3.87. The van der Waals surface area contributed by atoms with Crippen molar-refractivity contribution in [1.82, 2.24) is 24.1 Å². The van der Waals surface area contributed by atoms with E-state index in [0.717, 1.165) is 65.0 Å². The second kappa shape index (κ2) is 7.64. The van der Waals surface area contributed by atoms with Crippen LogP contribution in [0.5, 0.6) is 0 Å². The number of nitrogen functional groups attached to an aromatic ring is 1. The molecule has 7 heteroatoms. The molecule has 0 saturated carbocycles. The highest BCUT2D eigenvalue weighted by Crippen LogP contribution is 2.35. The zero-order valence-corrected chi connectivity index (χ0v) is 18.9. The molecule has 0 amide bonds. The molecule has 1 saturated heterocycles. The number of rotatable bonds is 3. The second-order valence-corrected chi connectivity index (χ2v) is 8.86. The van der Waals surface area contributed by atoms with Crippen molar-refractivity contribution in [3.8, 4) is 22.3 Å². The van der Waals surface area contributed by atoms with E-state index >= 15 is 0 Å². The highest BCUT2D eigenvalue weighted by atomic mass is 15.3. The zero-order chi connectivity index (χ0) is 22.5. The van der Waals surface area contributed by atoms with Crippen LogP contribution in [-0.2, 0) is 7.05 Å². The molecule has 6 rings (SSSR count). The van der Waals surface area contributed by atoms with Gasteiger partial charge in [0.25, 0.3) is 0 Å². The van der Waals surface area contributed by atoms with Crippen molar-refractivity contribution < 1.29 is 0 Å². The number of anilines is 2. The molecule has 166 valence electrons. The lowest BCUT2D eigenvalue weighted by Crippen LogP contribution is -2.44. The molecule has 0 unspecified atom stereocenters. The number of para-hydroxylation sites is 1. The van der Waals surface area contributed by atoms with E-state index in [4.69, 9.17) is 10.7 Å². The third-order valence-corrected chi connectivity index (χ3v) is 6.80. The van der Waals surface area contributed by atoms with Crippen LogP contribution >= 0.6 is 0 Å². The topological polar surface area (TPSA) is 67.6 Å². The fourth-order valence-electron chi connectivity index (χ4n) is 4.83. The van der Waals surface area contributed by atoms with Crippen molar-refractivity contribution >= 4 is 28.1 Å². The standard InChI is InChI=1S/C26H27N7/c1-30-11-13-32(14-12-30)19-9-7-18(8-10-19)21-16-29-33-25(27)22(15-28-26(21)33)23-17-31(2)24-6-4-3-5-20(23)24/h3-10,15-17H,11-14,27H2,1-2H3. The van der Waals surface area contributed by atoms with Gasteiger partial charge in [-0.05, 0) is 30.8 Å². The van der Waals surface area contributed by atoms with Crippen molar-refractivity contribution in [3.63, 3.8) is 0 Å². The number of aryl methyl sites for hydroxylation is 1. The Morgan fingerprint density at radius 1 is 0.818 bits per heavy atom. The largest absolute Gasteiger partial charge is 0.383 e. The van der Waals surface area contributed by atoms with Crippen molar-refractivity contribution in [2.24, 2.45) is 7.05 Å². The van der Waals surface area contributed by atoms with E-state index in [0.29, 0.717) is 5.82 Å². The Balaban J connectivity index is 1.37. The smallest absolute Gasteiger partial charge is 0.165 e. The van der Waals surface area contributed by atoms with Gasteiger partial charge in [-0.2, -0.15) is 9.61 Å². The summed E-state index contributed by atoms with van der Waals surface area (Å²) in [6, 6.07) is 17.0. The van der Waals surface area contributed by atoms with Crippen LogP contribution in [0.1, 0.15) is 0 Å². The molecule has 0 radical (unpaired) electrons. The zero-order valence-electron chi connectivity index (χ0n) is 18.9. The Morgan fingerprint density at radius 2 is 1.58 bits per heavy atom. The predicted octanol–water partition coefficient (Wildman–Crippen LogP) is 3.89. The van der Waals surface area contributed by atoms with Crippen LogP contribution in [0.3, 0.4) is 0 Å². The number of fused-ring (bicyclic) bond motifs is 2. The molecule has 2 aromatic carbocycles. The number of nitrogens with zero attached hydrogens (tertiary/aromatic N) is 6. The van der Waals surface area contributed by atoms with E-state index in [2.05, 4.69) is 69.1 Å². The van der Waals surface area contributed by atoms with Gasteiger partial charge >= 0.3 is 0 Å². The van der Waals surface area contributed by atoms with Crippen LogP contribution in [-0.4, -0.2) is 57.3 Å². The highest BCUT2D eigenvalue weighted by molar-refractivity contribution is 5.98. The summed E-state index contributed by atoms with van der Waals surface area (Å²) in [5.41, 5.74) is 13.8. The number of hydrogen-bond donors (Lipinski definition) is 1. The molecule has 1 aliphatic rings. The van der Waals surface area contributed by atoms with Crippen LogP contribution in [0.2, 0.25) is 0 Å². The molecule has 2 N–H and O–H groups in total. The molecular weight excluding hydrogens is 410 g/mol. The SMILES string of the molecule is CN1CCN(c2ccc(-c3cnn4c(N)c(-c5cn(C)c6ccccc56)cnc34)cc2)CC1. The number of benzene rings is 2. The summed E-state index contributed by atoms with van der Waals surface area (Å²) in [6.45, 7) is 4.30. The third kappa shape index (κ3) is 3.24. The Kier molecular flexibility index (Phi) is 4.58. The first-order valence-corrected chi connectivity index (χ1v) is 11.3. The van der Waals surface area contributed by atoms with E-state index in [1.54, 1.807) is 4.52 Å². The predicted molar refractivity (Wildman–Crippen MR) is 134 cm³/mol. The first-order valence-electron chi connectivity index (χ1n) is 11.3. The molecule has 0 bridgehead atoms. The van der Waals surface area contributed by atoms with E-state index in [1.807, 2.05) is 31.6 Å². The number of piperazine rings is 1. The molecule has 5 aromatic rings. The summed E-state index contributed by atoms with van der Waals surface area (Å²) in [7, 11) is 4.22. The third-order valence-electron chi connectivity index (χ3n) is 6.80. The van der Waals surface area contributed by atoms with Crippen molar-refractivity contribution in [1.29, 1.82) is 0 Å². The van der Waals surface area contributed by atoms with E-state index in [-0.39, 0.29) is 0 Å². The van der Waals surface area contributed by atoms with Gasteiger partial charge in [0.2, 0.25) is 0 Å². The van der Waals surface area contributed by atoms with Gasteiger partial charge in [0, 0.05) is 78.9 Å². The Bertz CT molecular complexity index is 1450. The molecular formula is C26H27N7. The maximum atomic E-state index is 6.62. The lowest BCUT2D eigenvalue weighted by atomic mass is 10.1. The van der Waals surface area contributed by atoms with Gasteiger partial charge in [-0.25, -0.2) is 4.98 Å². The van der Waals surface area contributed by atoms with Crippen molar-refractivity contribution in [3.05, 3.63) is 67.1 Å². The number of nitrogens with two attached hydrogens (primary N) is 1. The normalized spacial score (nSPS) is 15.0. The van der Waals surface area contributed by atoms with Crippen LogP contribution in [0.4, 0.5) is 11.5 Å². The maximum absolute atomic E-state index is 6.62. The fraction of sp³-hybridized carbons (Fsp3) is 0.231. The van der Waals surface area contributed by atoms with Crippen LogP contribution < -0.4 is 10.6 Å². The van der Waals surface area contributed by atoms with E-state index in [1.165, 1.54) is 5.69 Å². The molecule has 0 aliphatic carbocycles. The lowest BCUT2D eigenvalue weighted by Gasteiger charge is -2.34. The van der Waals surface area contributed by atoms with Gasteiger partial charge in [0.15, 0.2) is 5.65 Å².